The Morgan fingerprint density at radius 3 is 2.24 bits per heavy atom. The molecule has 1 aromatic rings. The standard InChI is InChI=1S/C13H13NO3/c15-9-11(8-10-4-2-1-3-5-10)14-12(16)6-7-13(14)17/h1-5,9,11H,6-8H2. The lowest BCUT2D eigenvalue weighted by Crippen LogP contribution is -2.41. The lowest BCUT2D eigenvalue weighted by atomic mass is 10.1. The highest BCUT2D eigenvalue weighted by atomic mass is 16.2. The highest BCUT2D eigenvalue weighted by Crippen LogP contribution is 2.17. The van der Waals surface area contributed by atoms with E-state index in [1.807, 2.05) is 30.3 Å². The van der Waals surface area contributed by atoms with Crippen molar-refractivity contribution < 1.29 is 14.4 Å². The van der Waals surface area contributed by atoms with Crippen LogP contribution in [-0.2, 0) is 20.8 Å². The van der Waals surface area contributed by atoms with Crippen molar-refractivity contribution in [1.82, 2.24) is 4.90 Å². The van der Waals surface area contributed by atoms with Gasteiger partial charge < -0.3 is 4.79 Å². The van der Waals surface area contributed by atoms with Crippen molar-refractivity contribution in [2.45, 2.75) is 25.3 Å². The van der Waals surface area contributed by atoms with Gasteiger partial charge in [-0.25, -0.2) is 0 Å². The van der Waals surface area contributed by atoms with Gasteiger partial charge in [0.15, 0.2) is 0 Å². The zero-order valence-electron chi connectivity index (χ0n) is 9.33. The third-order valence-electron chi connectivity index (χ3n) is 2.87. The van der Waals surface area contributed by atoms with Crippen LogP contribution in [0.1, 0.15) is 18.4 Å². The maximum Gasteiger partial charge on any atom is 0.230 e. The summed E-state index contributed by atoms with van der Waals surface area (Å²) in [5.74, 6) is -0.494. The number of benzene rings is 1. The predicted molar refractivity (Wildman–Crippen MR) is 61.1 cm³/mol. The van der Waals surface area contributed by atoms with Gasteiger partial charge in [-0.3, -0.25) is 14.5 Å². The molecule has 0 radical (unpaired) electrons. The molecule has 17 heavy (non-hydrogen) atoms. The molecule has 4 nitrogen and oxygen atoms in total. The van der Waals surface area contributed by atoms with E-state index in [1.54, 1.807) is 0 Å². The van der Waals surface area contributed by atoms with Crippen LogP contribution in [0.25, 0.3) is 0 Å². The number of carbonyl (C=O) groups excluding carboxylic acids is 3. The molecule has 1 aliphatic rings. The summed E-state index contributed by atoms with van der Waals surface area (Å²) in [5.41, 5.74) is 0.942. The van der Waals surface area contributed by atoms with Crippen LogP contribution in [0, 0.1) is 0 Å². The van der Waals surface area contributed by atoms with Gasteiger partial charge in [0.1, 0.15) is 6.29 Å². The minimum Gasteiger partial charge on any atom is -0.301 e. The average Bonchev–Trinajstić information content (AvgIpc) is 2.68. The van der Waals surface area contributed by atoms with Gasteiger partial charge in [0.25, 0.3) is 0 Å². The summed E-state index contributed by atoms with van der Waals surface area (Å²) in [5, 5.41) is 0. The summed E-state index contributed by atoms with van der Waals surface area (Å²) < 4.78 is 0. The Hall–Kier alpha value is -1.97. The Labute approximate surface area is 99.2 Å². The molecule has 88 valence electrons. The Morgan fingerprint density at radius 2 is 1.71 bits per heavy atom. The molecule has 0 spiro atoms. The molecule has 0 aromatic heterocycles. The Morgan fingerprint density at radius 1 is 1.12 bits per heavy atom. The molecule has 4 heteroatoms. The molecule has 2 amide bonds. The van der Waals surface area contributed by atoms with E-state index >= 15 is 0 Å². The first kappa shape index (κ1) is 11.5. The van der Waals surface area contributed by atoms with Gasteiger partial charge in [0, 0.05) is 19.3 Å². The molecule has 1 heterocycles. The van der Waals surface area contributed by atoms with Gasteiger partial charge in [-0.2, -0.15) is 0 Å². The second kappa shape index (κ2) is 4.91. The molecule has 1 atom stereocenters. The highest BCUT2D eigenvalue weighted by molar-refractivity contribution is 6.03. The maximum atomic E-state index is 11.5. The van der Waals surface area contributed by atoms with E-state index in [-0.39, 0.29) is 24.7 Å². The summed E-state index contributed by atoms with van der Waals surface area (Å²) in [6.45, 7) is 0. The van der Waals surface area contributed by atoms with Crippen LogP contribution in [0.3, 0.4) is 0 Å². The predicted octanol–water partition coefficient (Wildman–Crippen LogP) is 0.946. The summed E-state index contributed by atoms with van der Waals surface area (Å²) in [4.78, 5) is 35.2. The number of rotatable bonds is 4. The van der Waals surface area contributed by atoms with Crippen LogP contribution in [0.5, 0.6) is 0 Å². The van der Waals surface area contributed by atoms with Gasteiger partial charge in [-0.1, -0.05) is 30.3 Å². The molecule has 1 unspecified atom stereocenters. The van der Waals surface area contributed by atoms with Gasteiger partial charge in [-0.15, -0.1) is 0 Å². The number of amides is 2. The normalized spacial score (nSPS) is 17.3. The van der Waals surface area contributed by atoms with Crippen molar-refractivity contribution in [3.63, 3.8) is 0 Å². The number of hydrogen-bond acceptors (Lipinski definition) is 3. The lowest BCUT2D eigenvalue weighted by molar-refractivity contribution is -0.143. The fourth-order valence-corrected chi connectivity index (χ4v) is 2.02. The van der Waals surface area contributed by atoms with E-state index in [0.717, 1.165) is 10.5 Å². The van der Waals surface area contributed by atoms with Crippen molar-refractivity contribution in [2.24, 2.45) is 0 Å². The molecule has 1 fully saturated rings. The summed E-state index contributed by atoms with van der Waals surface area (Å²) in [6.07, 6.45) is 1.51. The number of hydrogen-bond donors (Lipinski definition) is 0. The topological polar surface area (TPSA) is 54.5 Å². The minimum absolute atomic E-state index is 0.220. The second-order valence-corrected chi connectivity index (χ2v) is 4.05. The van der Waals surface area contributed by atoms with E-state index in [9.17, 15) is 14.4 Å². The SMILES string of the molecule is O=CC(Cc1ccccc1)N1C(=O)CCC1=O. The first-order valence-electron chi connectivity index (χ1n) is 5.56. The van der Waals surface area contributed by atoms with E-state index in [2.05, 4.69) is 0 Å². The van der Waals surface area contributed by atoms with E-state index in [0.29, 0.717) is 12.7 Å². The third-order valence-corrected chi connectivity index (χ3v) is 2.87. The molecule has 0 bridgehead atoms. The van der Waals surface area contributed by atoms with Gasteiger partial charge in [0.05, 0.1) is 6.04 Å². The Kier molecular flexibility index (Phi) is 3.32. The average molecular weight is 231 g/mol. The zero-order valence-corrected chi connectivity index (χ0v) is 9.33. The van der Waals surface area contributed by atoms with E-state index < -0.39 is 6.04 Å². The van der Waals surface area contributed by atoms with Gasteiger partial charge >= 0.3 is 0 Å². The lowest BCUT2D eigenvalue weighted by Gasteiger charge is -2.21. The van der Waals surface area contributed by atoms with Crippen LogP contribution in [0.2, 0.25) is 0 Å². The van der Waals surface area contributed by atoms with Crippen molar-refractivity contribution in [3.05, 3.63) is 35.9 Å². The van der Waals surface area contributed by atoms with Crippen LogP contribution in [0.15, 0.2) is 30.3 Å². The highest BCUT2D eigenvalue weighted by Gasteiger charge is 2.34. The number of aldehydes is 1. The van der Waals surface area contributed by atoms with Crippen LogP contribution in [-0.4, -0.2) is 29.0 Å². The smallest absolute Gasteiger partial charge is 0.230 e. The monoisotopic (exact) mass is 231 g/mol. The molecule has 0 saturated carbocycles. The third kappa shape index (κ3) is 2.41. The summed E-state index contributed by atoms with van der Waals surface area (Å²) in [6, 6.07) is 8.70. The van der Waals surface area contributed by atoms with Crippen molar-refractivity contribution in [1.29, 1.82) is 0 Å². The van der Waals surface area contributed by atoms with E-state index in [1.165, 1.54) is 0 Å². The molecule has 1 aromatic carbocycles. The Bertz CT molecular complexity index is 425. The first-order chi connectivity index (χ1) is 8.22. The molecular formula is C13H13NO3. The van der Waals surface area contributed by atoms with Crippen molar-refractivity contribution >= 4 is 18.1 Å². The fourth-order valence-electron chi connectivity index (χ4n) is 2.02. The first-order valence-corrected chi connectivity index (χ1v) is 5.56. The second-order valence-electron chi connectivity index (χ2n) is 4.05. The quantitative estimate of drug-likeness (QED) is 0.572. The van der Waals surface area contributed by atoms with Crippen molar-refractivity contribution in [3.8, 4) is 0 Å². The fraction of sp³-hybridized carbons (Fsp3) is 0.308. The molecule has 2 rings (SSSR count). The van der Waals surface area contributed by atoms with Gasteiger partial charge in [-0.05, 0) is 5.56 Å². The van der Waals surface area contributed by atoms with Crippen LogP contribution < -0.4 is 0 Å². The van der Waals surface area contributed by atoms with E-state index in [4.69, 9.17) is 0 Å². The molecule has 1 aliphatic heterocycles. The molecule has 1 saturated heterocycles. The minimum atomic E-state index is -0.667. The largest absolute Gasteiger partial charge is 0.301 e. The Balaban J connectivity index is 2.14. The number of imide groups is 1. The van der Waals surface area contributed by atoms with Crippen molar-refractivity contribution in [2.75, 3.05) is 0 Å². The number of carbonyl (C=O) groups is 3. The number of nitrogens with zero attached hydrogens (tertiary/aromatic N) is 1. The zero-order chi connectivity index (χ0) is 12.3. The van der Waals surface area contributed by atoms with Crippen LogP contribution in [0.4, 0.5) is 0 Å². The van der Waals surface area contributed by atoms with Crippen LogP contribution >= 0.6 is 0 Å². The summed E-state index contributed by atoms with van der Waals surface area (Å²) in [7, 11) is 0. The molecular weight excluding hydrogens is 218 g/mol. The summed E-state index contributed by atoms with van der Waals surface area (Å²) >= 11 is 0. The molecule has 0 aliphatic carbocycles. The maximum absolute atomic E-state index is 11.5. The number of likely N-dealkylation sites (tertiary alicyclic amines) is 1. The molecule has 0 N–H and O–H groups in total. The van der Waals surface area contributed by atoms with Gasteiger partial charge in [0.2, 0.25) is 11.8 Å².